The Balaban J connectivity index is 1.56. The van der Waals surface area contributed by atoms with Crippen LogP contribution in [-0.2, 0) is 13.2 Å². The molecule has 0 saturated heterocycles. The monoisotopic (exact) mass is 453 g/mol. The summed E-state index contributed by atoms with van der Waals surface area (Å²) in [6.45, 7) is 4.70. The van der Waals surface area contributed by atoms with Crippen molar-refractivity contribution in [3.8, 4) is 22.6 Å². The van der Waals surface area contributed by atoms with Gasteiger partial charge in [0.25, 0.3) is 0 Å². The molecule has 5 rings (SSSR count). The van der Waals surface area contributed by atoms with E-state index >= 15 is 0 Å². The van der Waals surface area contributed by atoms with Gasteiger partial charge in [0, 0.05) is 24.5 Å². The molecule has 0 fully saturated rings. The molecule has 2 N–H and O–H groups in total. The van der Waals surface area contributed by atoms with Crippen LogP contribution in [0.1, 0.15) is 22.3 Å². The zero-order chi connectivity index (χ0) is 23.7. The number of pyridine rings is 1. The molecule has 0 spiro atoms. The van der Waals surface area contributed by atoms with Crippen LogP contribution in [-0.4, -0.2) is 24.5 Å². The molecular formula is C27H24FN5O. The van der Waals surface area contributed by atoms with Crippen molar-refractivity contribution < 1.29 is 9.50 Å². The molecule has 3 aromatic heterocycles. The topological polar surface area (TPSA) is 75.3 Å². The van der Waals surface area contributed by atoms with E-state index in [9.17, 15) is 9.50 Å². The molecule has 0 radical (unpaired) electrons. The maximum atomic E-state index is 13.6. The van der Waals surface area contributed by atoms with Crippen molar-refractivity contribution in [1.82, 2.24) is 19.4 Å². The molecular weight excluding hydrogens is 429 g/mol. The molecule has 5 aromatic rings. The third-order valence-electron chi connectivity index (χ3n) is 5.82. The van der Waals surface area contributed by atoms with Crippen LogP contribution in [0.25, 0.3) is 28.3 Å². The zero-order valence-electron chi connectivity index (χ0n) is 19.0. The summed E-state index contributed by atoms with van der Waals surface area (Å²) in [5.41, 5.74) is 7.94. The number of hydrogen-bond donors (Lipinski definition) is 2. The second kappa shape index (κ2) is 9.03. The van der Waals surface area contributed by atoms with Crippen molar-refractivity contribution in [3.63, 3.8) is 0 Å². The Morgan fingerprint density at radius 3 is 2.56 bits per heavy atom. The molecule has 2 aromatic carbocycles. The van der Waals surface area contributed by atoms with E-state index < -0.39 is 0 Å². The van der Waals surface area contributed by atoms with Crippen molar-refractivity contribution >= 4 is 11.6 Å². The van der Waals surface area contributed by atoms with E-state index in [1.807, 2.05) is 28.8 Å². The standard InChI is InChI=1S/C27H24FN5O/c1-17-3-4-21(18(2)13-17)15-30-27-29-11-9-23(31-27)26-25(20-5-7-22(28)8-6-20)32-24-14-19(16-34)10-12-33(24)26/h3-14,34H,15-16H2,1-2H3,(H,29,30,31). The molecule has 6 nitrogen and oxygen atoms in total. The third-order valence-corrected chi connectivity index (χ3v) is 5.82. The highest BCUT2D eigenvalue weighted by molar-refractivity contribution is 5.80. The number of anilines is 1. The molecule has 0 atom stereocenters. The van der Waals surface area contributed by atoms with E-state index in [4.69, 9.17) is 9.97 Å². The predicted octanol–water partition coefficient (Wildman–Crippen LogP) is 5.32. The summed E-state index contributed by atoms with van der Waals surface area (Å²) in [6.07, 6.45) is 3.57. The maximum absolute atomic E-state index is 13.6. The summed E-state index contributed by atoms with van der Waals surface area (Å²) in [5, 5.41) is 12.9. The first-order valence-electron chi connectivity index (χ1n) is 11.0. The average Bonchev–Trinajstić information content (AvgIpc) is 3.23. The second-order valence-corrected chi connectivity index (χ2v) is 8.29. The number of aliphatic hydroxyl groups excluding tert-OH is 1. The van der Waals surface area contributed by atoms with Crippen LogP contribution in [0.5, 0.6) is 0 Å². The van der Waals surface area contributed by atoms with Gasteiger partial charge in [-0.25, -0.2) is 19.3 Å². The number of fused-ring (bicyclic) bond motifs is 1. The van der Waals surface area contributed by atoms with Gasteiger partial charge in [-0.1, -0.05) is 23.8 Å². The van der Waals surface area contributed by atoms with Gasteiger partial charge in [-0.2, -0.15) is 0 Å². The largest absolute Gasteiger partial charge is 0.392 e. The van der Waals surface area contributed by atoms with Crippen LogP contribution in [0, 0.1) is 19.7 Å². The van der Waals surface area contributed by atoms with Gasteiger partial charge in [0.1, 0.15) is 11.5 Å². The number of hydrogen-bond acceptors (Lipinski definition) is 5. The number of aryl methyl sites for hydroxylation is 2. The highest BCUT2D eigenvalue weighted by Gasteiger charge is 2.18. The van der Waals surface area contributed by atoms with Gasteiger partial charge in [-0.15, -0.1) is 0 Å². The molecule has 0 aliphatic carbocycles. The van der Waals surface area contributed by atoms with Crippen molar-refractivity contribution in [3.05, 3.63) is 101 Å². The molecule has 7 heteroatoms. The van der Waals surface area contributed by atoms with E-state index in [0.717, 1.165) is 16.8 Å². The minimum Gasteiger partial charge on any atom is -0.392 e. The molecule has 3 heterocycles. The number of nitrogens with zero attached hydrogens (tertiary/aromatic N) is 4. The van der Waals surface area contributed by atoms with Crippen molar-refractivity contribution in [2.45, 2.75) is 27.0 Å². The molecule has 170 valence electrons. The average molecular weight is 454 g/mol. The normalized spacial score (nSPS) is 11.2. The Morgan fingerprint density at radius 1 is 0.971 bits per heavy atom. The summed E-state index contributed by atoms with van der Waals surface area (Å²) in [4.78, 5) is 14.0. The van der Waals surface area contributed by atoms with E-state index in [2.05, 4.69) is 42.3 Å². The highest BCUT2D eigenvalue weighted by atomic mass is 19.1. The fraction of sp³-hybridized carbons (Fsp3) is 0.148. The molecule has 0 aliphatic heterocycles. The minimum atomic E-state index is -0.309. The number of aromatic nitrogens is 4. The van der Waals surface area contributed by atoms with E-state index in [0.29, 0.717) is 29.5 Å². The van der Waals surface area contributed by atoms with Crippen LogP contribution in [0.4, 0.5) is 10.3 Å². The molecule has 0 aliphatic rings. The Bertz CT molecular complexity index is 1480. The van der Waals surface area contributed by atoms with E-state index in [-0.39, 0.29) is 12.4 Å². The maximum Gasteiger partial charge on any atom is 0.223 e. The van der Waals surface area contributed by atoms with Crippen LogP contribution in [0.15, 0.2) is 73.1 Å². The van der Waals surface area contributed by atoms with Gasteiger partial charge < -0.3 is 10.4 Å². The smallest absolute Gasteiger partial charge is 0.223 e. The highest BCUT2D eigenvalue weighted by Crippen LogP contribution is 2.32. The zero-order valence-corrected chi connectivity index (χ0v) is 19.0. The minimum absolute atomic E-state index is 0.0788. The molecule has 34 heavy (non-hydrogen) atoms. The predicted molar refractivity (Wildman–Crippen MR) is 131 cm³/mol. The first kappa shape index (κ1) is 21.7. The lowest BCUT2D eigenvalue weighted by Gasteiger charge is -2.10. The quantitative estimate of drug-likeness (QED) is 0.364. The summed E-state index contributed by atoms with van der Waals surface area (Å²) in [5.74, 6) is 0.195. The lowest BCUT2D eigenvalue weighted by Crippen LogP contribution is -2.06. The lowest BCUT2D eigenvalue weighted by molar-refractivity contribution is 0.282. The number of halogens is 1. The van der Waals surface area contributed by atoms with Crippen LogP contribution in [0.3, 0.4) is 0 Å². The first-order chi connectivity index (χ1) is 16.5. The SMILES string of the molecule is Cc1ccc(CNc2nccc(-c3c(-c4ccc(F)cc4)nc4cc(CO)ccn34)n2)c(C)c1. The van der Waals surface area contributed by atoms with Gasteiger partial charge in [0.15, 0.2) is 0 Å². The Labute approximate surface area is 196 Å². The fourth-order valence-corrected chi connectivity index (χ4v) is 4.03. The number of nitrogens with one attached hydrogen (secondary N) is 1. The van der Waals surface area contributed by atoms with Crippen molar-refractivity contribution in [2.75, 3.05) is 5.32 Å². The number of imidazole rings is 1. The van der Waals surface area contributed by atoms with Gasteiger partial charge in [0.2, 0.25) is 5.95 Å². The van der Waals surface area contributed by atoms with Crippen molar-refractivity contribution in [1.29, 1.82) is 0 Å². The second-order valence-electron chi connectivity index (χ2n) is 8.29. The van der Waals surface area contributed by atoms with Gasteiger partial charge >= 0.3 is 0 Å². The number of benzene rings is 2. The lowest BCUT2D eigenvalue weighted by atomic mass is 10.1. The van der Waals surface area contributed by atoms with E-state index in [1.165, 1.54) is 28.8 Å². The summed E-state index contributed by atoms with van der Waals surface area (Å²) in [7, 11) is 0. The fourth-order valence-electron chi connectivity index (χ4n) is 4.03. The summed E-state index contributed by atoms with van der Waals surface area (Å²) < 4.78 is 15.5. The summed E-state index contributed by atoms with van der Waals surface area (Å²) in [6, 6.07) is 18.1. The molecule has 0 saturated carbocycles. The summed E-state index contributed by atoms with van der Waals surface area (Å²) >= 11 is 0. The molecule has 0 bridgehead atoms. The third kappa shape index (κ3) is 4.25. The Hall–Kier alpha value is -4.10. The van der Waals surface area contributed by atoms with Gasteiger partial charge in [-0.05, 0) is 73.0 Å². The Morgan fingerprint density at radius 2 is 1.79 bits per heavy atom. The Kier molecular flexibility index (Phi) is 5.77. The van der Waals surface area contributed by atoms with Crippen LogP contribution in [0.2, 0.25) is 0 Å². The number of aliphatic hydroxyl groups is 1. The first-order valence-corrected chi connectivity index (χ1v) is 11.0. The van der Waals surface area contributed by atoms with Gasteiger partial charge in [0.05, 0.1) is 23.7 Å². The van der Waals surface area contributed by atoms with Crippen LogP contribution < -0.4 is 5.32 Å². The number of rotatable bonds is 6. The van der Waals surface area contributed by atoms with Crippen molar-refractivity contribution in [2.24, 2.45) is 0 Å². The molecule has 0 amide bonds. The molecule has 0 unspecified atom stereocenters. The van der Waals surface area contributed by atoms with Gasteiger partial charge in [-0.3, -0.25) is 4.40 Å². The van der Waals surface area contributed by atoms with Crippen LogP contribution >= 0.6 is 0 Å². The van der Waals surface area contributed by atoms with E-state index in [1.54, 1.807) is 18.3 Å².